The van der Waals surface area contributed by atoms with Crippen molar-refractivity contribution in [2.45, 2.75) is 30.6 Å². The van der Waals surface area contributed by atoms with E-state index in [2.05, 4.69) is 17.3 Å². The van der Waals surface area contributed by atoms with E-state index in [1.165, 1.54) is 0 Å². The van der Waals surface area contributed by atoms with Gasteiger partial charge in [-0.05, 0) is 13.3 Å². The van der Waals surface area contributed by atoms with Crippen LogP contribution >= 0.6 is 35.5 Å². The van der Waals surface area contributed by atoms with Crippen molar-refractivity contribution in [1.29, 1.82) is 0 Å². The number of nitrogens with zero attached hydrogens (tertiary/aromatic N) is 1. The van der Waals surface area contributed by atoms with Gasteiger partial charge in [0, 0.05) is 22.9 Å². The van der Waals surface area contributed by atoms with Gasteiger partial charge in [0.15, 0.2) is 0 Å². The summed E-state index contributed by atoms with van der Waals surface area (Å²) in [6.45, 7) is 4.12. The maximum atomic E-state index is 5.78. The van der Waals surface area contributed by atoms with Crippen molar-refractivity contribution in [2.75, 3.05) is 5.75 Å². The van der Waals surface area contributed by atoms with Gasteiger partial charge in [-0.1, -0.05) is 18.7 Å². The van der Waals surface area contributed by atoms with E-state index in [1.807, 2.05) is 6.92 Å². The molecule has 1 aromatic heterocycles. The molecule has 13 heavy (non-hydrogen) atoms. The Kier molecular flexibility index (Phi) is 6.77. The summed E-state index contributed by atoms with van der Waals surface area (Å²) in [5, 5.41) is 2.07. The van der Waals surface area contributed by atoms with Gasteiger partial charge in [0.2, 0.25) is 0 Å². The standard InChI is InChI=1S/C8H14N2S2.ClH/c1-3-7(9)5-12-8-10-6(2)4-11-8;/h4,7H,3,5,9H2,1-2H3;1H. The molecule has 1 atom stereocenters. The van der Waals surface area contributed by atoms with Crippen LogP contribution in [0.15, 0.2) is 9.72 Å². The van der Waals surface area contributed by atoms with Crippen LogP contribution in [0.25, 0.3) is 0 Å². The molecular weight excluding hydrogens is 224 g/mol. The third-order valence-electron chi connectivity index (χ3n) is 1.54. The van der Waals surface area contributed by atoms with Gasteiger partial charge in [-0.15, -0.1) is 23.7 Å². The molecule has 0 aliphatic rings. The van der Waals surface area contributed by atoms with Crippen molar-refractivity contribution in [3.8, 4) is 0 Å². The first-order chi connectivity index (χ1) is 5.72. The number of halogens is 1. The fourth-order valence-electron chi connectivity index (χ4n) is 0.695. The summed E-state index contributed by atoms with van der Waals surface area (Å²) in [6.07, 6.45) is 1.04. The van der Waals surface area contributed by atoms with Crippen LogP contribution in [0.3, 0.4) is 0 Å². The van der Waals surface area contributed by atoms with Crippen molar-refractivity contribution >= 4 is 35.5 Å². The van der Waals surface area contributed by atoms with E-state index in [0.29, 0.717) is 6.04 Å². The molecule has 0 bridgehead atoms. The summed E-state index contributed by atoms with van der Waals surface area (Å²) < 4.78 is 1.14. The second kappa shape index (κ2) is 6.65. The number of thiazole rings is 1. The van der Waals surface area contributed by atoms with Crippen LogP contribution in [0.4, 0.5) is 0 Å². The molecule has 0 amide bonds. The molecule has 0 saturated heterocycles. The molecule has 0 saturated carbocycles. The maximum absolute atomic E-state index is 5.78. The van der Waals surface area contributed by atoms with Gasteiger partial charge in [-0.25, -0.2) is 4.98 Å². The van der Waals surface area contributed by atoms with Gasteiger partial charge >= 0.3 is 0 Å². The minimum atomic E-state index is 0. The number of aromatic nitrogens is 1. The summed E-state index contributed by atoms with van der Waals surface area (Å²) in [5.41, 5.74) is 6.89. The molecule has 2 N–H and O–H groups in total. The molecule has 0 fully saturated rings. The van der Waals surface area contributed by atoms with Gasteiger partial charge in [-0.2, -0.15) is 0 Å². The first-order valence-corrected chi connectivity index (χ1v) is 5.89. The highest BCUT2D eigenvalue weighted by Gasteiger charge is 2.03. The number of rotatable bonds is 4. The minimum absolute atomic E-state index is 0. The molecule has 1 heterocycles. The van der Waals surface area contributed by atoms with Crippen molar-refractivity contribution in [3.63, 3.8) is 0 Å². The molecule has 0 radical (unpaired) electrons. The minimum Gasteiger partial charge on any atom is -0.327 e. The molecule has 1 aromatic rings. The van der Waals surface area contributed by atoms with Gasteiger partial charge in [0.25, 0.3) is 0 Å². The van der Waals surface area contributed by atoms with Crippen LogP contribution in [-0.4, -0.2) is 16.8 Å². The Morgan fingerprint density at radius 1 is 1.69 bits per heavy atom. The fraction of sp³-hybridized carbons (Fsp3) is 0.625. The molecule has 1 unspecified atom stereocenters. The third kappa shape index (κ3) is 4.86. The van der Waals surface area contributed by atoms with E-state index < -0.39 is 0 Å². The number of aryl methyl sites for hydroxylation is 1. The number of nitrogens with two attached hydrogens (primary N) is 1. The van der Waals surface area contributed by atoms with E-state index >= 15 is 0 Å². The highest BCUT2D eigenvalue weighted by Crippen LogP contribution is 2.22. The first-order valence-electron chi connectivity index (χ1n) is 4.03. The molecule has 0 aliphatic carbocycles. The lowest BCUT2D eigenvalue weighted by molar-refractivity contribution is 0.724. The Hall–Kier alpha value is 0.230. The summed E-state index contributed by atoms with van der Waals surface area (Å²) >= 11 is 3.45. The average Bonchev–Trinajstić information content (AvgIpc) is 2.47. The molecule has 0 aliphatic heterocycles. The first kappa shape index (κ1) is 13.2. The quantitative estimate of drug-likeness (QED) is 0.820. The molecule has 76 valence electrons. The number of hydrogen-bond donors (Lipinski definition) is 1. The van der Waals surface area contributed by atoms with Gasteiger partial charge in [-0.3, -0.25) is 0 Å². The van der Waals surface area contributed by atoms with E-state index in [-0.39, 0.29) is 12.4 Å². The molecule has 2 nitrogen and oxygen atoms in total. The summed E-state index contributed by atoms with van der Waals surface area (Å²) in [6, 6.07) is 0.305. The van der Waals surface area contributed by atoms with E-state index in [1.54, 1.807) is 23.1 Å². The second-order valence-corrected chi connectivity index (χ2v) is 4.86. The van der Waals surface area contributed by atoms with Crippen molar-refractivity contribution in [1.82, 2.24) is 4.98 Å². The zero-order valence-electron chi connectivity index (χ0n) is 7.82. The van der Waals surface area contributed by atoms with Crippen LogP contribution in [-0.2, 0) is 0 Å². The van der Waals surface area contributed by atoms with Gasteiger partial charge < -0.3 is 5.73 Å². The molecule has 1 rings (SSSR count). The van der Waals surface area contributed by atoms with E-state index in [0.717, 1.165) is 22.2 Å². The SMILES string of the molecule is CCC(N)CSc1nc(C)cs1.Cl. The predicted molar refractivity (Wildman–Crippen MR) is 63.1 cm³/mol. The molecule has 5 heteroatoms. The van der Waals surface area contributed by atoms with E-state index in [4.69, 9.17) is 5.73 Å². The smallest absolute Gasteiger partial charge is 0.150 e. The zero-order valence-corrected chi connectivity index (χ0v) is 10.3. The monoisotopic (exact) mass is 238 g/mol. The van der Waals surface area contributed by atoms with Crippen LogP contribution in [0.1, 0.15) is 19.0 Å². The number of thioether (sulfide) groups is 1. The molecular formula is C8H15ClN2S2. The predicted octanol–water partition coefficient (Wildman–Crippen LogP) is 2.70. The van der Waals surface area contributed by atoms with E-state index in [9.17, 15) is 0 Å². The topological polar surface area (TPSA) is 38.9 Å². The Bertz CT molecular complexity index is 240. The highest BCUT2D eigenvalue weighted by molar-refractivity contribution is 8.01. The Morgan fingerprint density at radius 3 is 2.85 bits per heavy atom. The lowest BCUT2D eigenvalue weighted by atomic mass is 10.3. The second-order valence-electron chi connectivity index (χ2n) is 2.73. The molecule has 0 spiro atoms. The summed E-state index contributed by atoms with van der Waals surface area (Å²) in [7, 11) is 0. The van der Waals surface area contributed by atoms with Crippen LogP contribution < -0.4 is 5.73 Å². The molecule has 0 aromatic carbocycles. The summed E-state index contributed by atoms with van der Waals surface area (Å²) in [4.78, 5) is 4.34. The largest absolute Gasteiger partial charge is 0.327 e. The normalized spacial score (nSPS) is 12.2. The highest BCUT2D eigenvalue weighted by atomic mass is 35.5. The van der Waals surface area contributed by atoms with Crippen molar-refractivity contribution in [2.24, 2.45) is 5.73 Å². The van der Waals surface area contributed by atoms with Crippen molar-refractivity contribution in [3.05, 3.63) is 11.1 Å². The number of hydrogen-bond acceptors (Lipinski definition) is 4. The third-order valence-corrected chi connectivity index (χ3v) is 3.87. The summed E-state index contributed by atoms with van der Waals surface area (Å²) in [5.74, 6) is 0.976. The van der Waals surface area contributed by atoms with Crippen LogP contribution in [0, 0.1) is 6.92 Å². The fourth-order valence-corrected chi connectivity index (χ4v) is 2.64. The lowest BCUT2D eigenvalue weighted by Crippen LogP contribution is -2.21. The van der Waals surface area contributed by atoms with Crippen LogP contribution in [0.2, 0.25) is 0 Å². The zero-order chi connectivity index (χ0) is 8.97. The van der Waals surface area contributed by atoms with Crippen molar-refractivity contribution < 1.29 is 0 Å². The Balaban J connectivity index is 0.00000144. The average molecular weight is 239 g/mol. The Labute approximate surface area is 93.7 Å². The van der Waals surface area contributed by atoms with Crippen LogP contribution in [0.5, 0.6) is 0 Å². The Morgan fingerprint density at radius 2 is 2.38 bits per heavy atom. The van der Waals surface area contributed by atoms with Gasteiger partial charge in [0.05, 0.1) is 0 Å². The lowest BCUT2D eigenvalue weighted by Gasteiger charge is -2.04. The van der Waals surface area contributed by atoms with Gasteiger partial charge in [0.1, 0.15) is 4.34 Å². The maximum Gasteiger partial charge on any atom is 0.150 e.